The number of unbranched alkanes of at least 4 members (excludes halogenated alkanes) is 1. The second-order valence-corrected chi connectivity index (χ2v) is 10.9. The van der Waals surface area contributed by atoms with Crippen molar-refractivity contribution in [3.05, 3.63) is 41.1 Å². The van der Waals surface area contributed by atoms with E-state index in [9.17, 15) is 23.1 Å². The van der Waals surface area contributed by atoms with E-state index in [0.717, 1.165) is 37.2 Å². The number of nitrogens with one attached hydrogen (secondary N) is 5. The van der Waals surface area contributed by atoms with Crippen LogP contribution in [0.4, 0.5) is 0 Å². The van der Waals surface area contributed by atoms with Crippen molar-refractivity contribution in [3.8, 4) is 0 Å². The summed E-state index contributed by atoms with van der Waals surface area (Å²) in [5.74, 6) is -1.95. The van der Waals surface area contributed by atoms with Crippen LogP contribution in [0.5, 0.6) is 0 Å². The van der Waals surface area contributed by atoms with Gasteiger partial charge in [-0.15, -0.1) is 0 Å². The molecule has 0 bridgehead atoms. The summed E-state index contributed by atoms with van der Waals surface area (Å²) in [4.78, 5) is 29.5. The van der Waals surface area contributed by atoms with Gasteiger partial charge < -0.3 is 20.6 Å². The van der Waals surface area contributed by atoms with E-state index in [2.05, 4.69) is 31.1 Å². The molecule has 0 aromatic heterocycles. The number of carboxylic acids is 1. The van der Waals surface area contributed by atoms with E-state index in [-0.39, 0.29) is 11.2 Å². The number of hydrogen-bond acceptors (Lipinski definition) is 9. The topological polar surface area (TPSA) is 170 Å². The van der Waals surface area contributed by atoms with Crippen molar-refractivity contribution < 1.29 is 28.0 Å². The molecular weight excluding hydrogens is 500 g/mol. The zero-order chi connectivity index (χ0) is 27.0. The van der Waals surface area contributed by atoms with E-state index in [1.54, 1.807) is 26.0 Å². The summed E-state index contributed by atoms with van der Waals surface area (Å²) in [5.41, 5.74) is 2.69. The first-order chi connectivity index (χ1) is 17.6. The van der Waals surface area contributed by atoms with E-state index in [4.69, 9.17) is 4.84 Å². The number of aryl methyl sites for hydroxylation is 3. The Hall–Kier alpha value is -3.00. The Balaban J connectivity index is 1.43. The highest BCUT2D eigenvalue weighted by Crippen LogP contribution is 2.22. The molecule has 0 fully saturated rings. The number of benzene rings is 1. The van der Waals surface area contributed by atoms with Crippen molar-refractivity contribution in [3.63, 3.8) is 0 Å². The standard InChI is InChI=1S/C24H36N6O6S/c1-15-11-16(2)21(17(3)12-15)37(34,35)30-19(23(32)33)14-28-22(31)20-13-18(29-36-20)7-4-5-8-25-24-26-9-6-10-27-24/h6,9,11-12,19-20,24-27,30H,4-5,7-8,10,13-14H2,1-3H3,(H,28,31)(H,32,33). The molecule has 2 aliphatic heterocycles. The van der Waals surface area contributed by atoms with Crippen LogP contribution in [0, 0.1) is 20.8 Å². The molecule has 1 amide bonds. The Bertz CT molecular complexity index is 1130. The first-order valence-electron chi connectivity index (χ1n) is 12.3. The van der Waals surface area contributed by atoms with Gasteiger partial charge in [-0.1, -0.05) is 28.9 Å². The number of rotatable bonds is 13. The van der Waals surface area contributed by atoms with E-state index in [0.29, 0.717) is 24.0 Å². The fourth-order valence-corrected chi connectivity index (χ4v) is 5.99. The minimum absolute atomic E-state index is 0.0335. The normalized spacial score (nSPS) is 20.0. The van der Waals surface area contributed by atoms with Gasteiger partial charge in [0.05, 0.1) is 10.6 Å². The fourth-order valence-electron chi connectivity index (χ4n) is 4.35. The third kappa shape index (κ3) is 8.25. The molecule has 37 heavy (non-hydrogen) atoms. The van der Waals surface area contributed by atoms with Gasteiger partial charge in [0.15, 0.2) is 0 Å². The van der Waals surface area contributed by atoms with Crippen LogP contribution >= 0.6 is 0 Å². The second kappa shape index (κ2) is 13.0. The molecule has 0 saturated heterocycles. The van der Waals surface area contributed by atoms with Crippen molar-refractivity contribution in [1.29, 1.82) is 0 Å². The van der Waals surface area contributed by atoms with Crippen molar-refractivity contribution in [2.75, 3.05) is 19.6 Å². The van der Waals surface area contributed by atoms with Crippen molar-refractivity contribution >= 4 is 27.6 Å². The van der Waals surface area contributed by atoms with Crippen LogP contribution in [0.3, 0.4) is 0 Å². The number of hydrogen-bond donors (Lipinski definition) is 6. The molecule has 2 aliphatic rings. The van der Waals surface area contributed by atoms with Crippen LogP contribution in [0.1, 0.15) is 42.4 Å². The third-order valence-electron chi connectivity index (χ3n) is 6.03. The van der Waals surface area contributed by atoms with Gasteiger partial charge >= 0.3 is 5.97 Å². The minimum Gasteiger partial charge on any atom is -0.480 e. The smallest absolute Gasteiger partial charge is 0.323 e. The Morgan fingerprint density at radius 1 is 1.22 bits per heavy atom. The van der Waals surface area contributed by atoms with Crippen LogP contribution in [0.15, 0.2) is 34.5 Å². The van der Waals surface area contributed by atoms with Crippen molar-refractivity contribution in [1.82, 2.24) is 26.0 Å². The summed E-state index contributed by atoms with van der Waals surface area (Å²) in [6.45, 7) is 6.35. The third-order valence-corrected chi connectivity index (χ3v) is 7.81. The molecule has 3 unspecified atom stereocenters. The maximum absolute atomic E-state index is 12.9. The average molecular weight is 537 g/mol. The van der Waals surface area contributed by atoms with E-state index >= 15 is 0 Å². The molecule has 0 radical (unpaired) electrons. The zero-order valence-corrected chi connectivity index (χ0v) is 22.2. The van der Waals surface area contributed by atoms with E-state index < -0.39 is 40.6 Å². The number of carbonyl (C=O) groups is 2. The van der Waals surface area contributed by atoms with Gasteiger partial charge in [-0.2, -0.15) is 4.72 Å². The highest BCUT2D eigenvalue weighted by atomic mass is 32.2. The molecule has 6 N–H and O–H groups in total. The Labute approximate surface area is 217 Å². The predicted molar refractivity (Wildman–Crippen MR) is 138 cm³/mol. The molecule has 3 atom stereocenters. The lowest BCUT2D eigenvalue weighted by atomic mass is 10.1. The summed E-state index contributed by atoms with van der Waals surface area (Å²) >= 11 is 0. The average Bonchev–Trinajstić information content (AvgIpc) is 3.30. The maximum Gasteiger partial charge on any atom is 0.323 e. The Kier molecular flexibility index (Phi) is 10.0. The highest BCUT2D eigenvalue weighted by Gasteiger charge is 2.31. The van der Waals surface area contributed by atoms with Gasteiger partial charge in [0.2, 0.25) is 16.1 Å². The number of nitrogens with zero attached hydrogens (tertiary/aromatic N) is 1. The fraction of sp³-hybridized carbons (Fsp3) is 0.542. The zero-order valence-electron chi connectivity index (χ0n) is 21.3. The van der Waals surface area contributed by atoms with Gasteiger partial charge in [-0.3, -0.25) is 20.2 Å². The van der Waals surface area contributed by atoms with Crippen molar-refractivity contribution in [2.45, 2.75) is 69.8 Å². The van der Waals surface area contributed by atoms with Crippen LogP contribution < -0.4 is 26.0 Å². The molecule has 0 saturated carbocycles. The molecule has 0 spiro atoms. The molecule has 204 valence electrons. The maximum atomic E-state index is 12.9. The SMILES string of the molecule is Cc1cc(C)c(S(=O)(=O)NC(CNC(=O)C2CC(CCCCNC3NC=CCN3)=NO2)C(=O)O)c(C)c1. The highest BCUT2D eigenvalue weighted by molar-refractivity contribution is 7.89. The molecule has 13 heteroatoms. The molecule has 1 aromatic rings. The van der Waals surface area contributed by atoms with Crippen LogP contribution in [0.2, 0.25) is 0 Å². The molecule has 3 rings (SSSR count). The van der Waals surface area contributed by atoms with Gasteiger partial charge in [0.1, 0.15) is 12.3 Å². The number of sulfonamides is 1. The number of carboxylic acid groups (broad SMARTS) is 1. The quantitative estimate of drug-likeness (QED) is 0.195. The lowest BCUT2D eigenvalue weighted by molar-refractivity contribution is -0.139. The number of aliphatic carboxylic acids is 1. The van der Waals surface area contributed by atoms with Gasteiger partial charge in [0, 0.05) is 19.5 Å². The molecule has 12 nitrogen and oxygen atoms in total. The largest absolute Gasteiger partial charge is 0.480 e. The molecular formula is C24H36N6O6S. The predicted octanol–water partition coefficient (Wildman–Crippen LogP) is 0.354. The second-order valence-electron chi connectivity index (χ2n) is 9.26. The van der Waals surface area contributed by atoms with Gasteiger partial charge in [0.25, 0.3) is 5.91 Å². The molecule has 0 aliphatic carbocycles. The van der Waals surface area contributed by atoms with E-state index in [1.165, 1.54) is 0 Å². The number of carbonyl (C=O) groups excluding carboxylic acids is 1. The minimum atomic E-state index is -4.13. The van der Waals surface area contributed by atoms with Gasteiger partial charge in [-0.25, -0.2) is 8.42 Å². The Morgan fingerprint density at radius 2 is 1.95 bits per heavy atom. The van der Waals surface area contributed by atoms with Crippen LogP contribution in [-0.4, -0.2) is 69.2 Å². The molecule has 2 heterocycles. The monoisotopic (exact) mass is 536 g/mol. The summed E-state index contributed by atoms with van der Waals surface area (Å²) < 4.78 is 28.1. The first kappa shape index (κ1) is 28.6. The lowest BCUT2D eigenvalue weighted by Crippen LogP contribution is -2.53. The van der Waals surface area contributed by atoms with E-state index in [1.807, 2.05) is 19.2 Å². The van der Waals surface area contributed by atoms with Crippen molar-refractivity contribution in [2.24, 2.45) is 5.16 Å². The molecule has 1 aromatic carbocycles. The first-order valence-corrected chi connectivity index (χ1v) is 13.7. The lowest BCUT2D eigenvalue weighted by Gasteiger charge is -2.22. The van der Waals surface area contributed by atoms with Crippen LogP contribution in [0.25, 0.3) is 0 Å². The Morgan fingerprint density at radius 3 is 2.59 bits per heavy atom. The summed E-state index contributed by atoms with van der Waals surface area (Å²) in [6.07, 6.45) is 5.86. The summed E-state index contributed by atoms with van der Waals surface area (Å²) in [5, 5.41) is 25.8. The number of oxime groups is 1. The summed E-state index contributed by atoms with van der Waals surface area (Å²) in [7, 11) is -4.13. The summed E-state index contributed by atoms with van der Waals surface area (Å²) in [6, 6.07) is 1.88. The van der Waals surface area contributed by atoms with Crippen LogP contribution in [-0.2, 0) is 24.4 Å². The number of amides is 1. The van der Waals surface area contributed by atoms with Gasteiger partial charge in [-0.05, 0) is 63.9 Å².